The van der Waals surface area contributed by atoms with Crippen LogP contribution in [0.15, 0.2) is 35.1 Å². The molecule has 0 aliphatic carbocycles. The van der Waals surface area contributed by atoms with Crippen molar-refractivity contribution in [3.8, 4) is 11.3 Å². The van der Waals surface area contributed by atoms with Gasteiger partial charge in [0, 0.05) is 31.8 Å². The standard InChI is InChI=1S/C15H18N4O2/c1-18-15(20)5-3-13(17-18)11-2-4-14(12(16)10-11)19-6-8-21-9-7-19/h2-5,10H,6-9,16H2,1H3. The van der Waals surface area contributed by atoms with Crippen LogP contribution in [0.5, 0.6) is 0 Å². The minimum atomic E-state index is -0.128. The van der Waals surface area contributed by atoms with E-state index in [-0.39, 0.29) is 5.56 Å². The lowest BCUT2D eigenvalue weighted by Crippen LogP contribution is -2.36. The molecular formula is C15H18N4O2. The molecule has 110 valence electrons. The highest BCUT2D eigenvalue weighted by Crippen LogP contribution is 2.28. The maximum absolute atomic E-state index is 11.4. The van der Waals surface area contributed by atoms with E-state index in [2.05, 4.69) is 10.00 Å². The largest absolute Gasteiger partial charge is 0.397 e. The first-order chi connectivity index (χ1) is 10.1. The first-order valence-corrected chi connectivity index (χ1v) is 6.92. The van der Waals surface area contributed by atoms with Crippen molar-refractivity contribution in [3.05, 3.63) is 40.7 Å². The van der Waals surface area contributed by atoms with Gasteiger partial charge in [-0.1, -0.05) is 6.07 Å². The SMILES string of the molecule is Cn1nc(-c2ccc(N3CCOCC3)c(N)c2)ccc1=O. The monoisotopic (exact) mass is 286 g/mol. The van der Waals surface area contributed by atoms with Gasteiger partial charge in [0.25, 0.3) is 5.56 Å². The summed E-state index contributed by atoms with van der Waals surface area (Å²) >= 11 is 0. The van der Waals surface area contributed by atoms with E-state index < -0.39 is 0 Å². The van der Waals surface area contributed by atoms with Crippen molar-refractivity contribution in [1.29, 1.82) is 0 Å². The highest BCUT2D eigenvalue weighted by Gasteiger charge is 2.14. The molecule has 1 fully saturated rings. The number of ether oxygens (including phenoxy) is 1. The van der Waals surface area contributed by atoms with Gasteiger partial charge in [-0.3, -0.25) is 4.79 Å². The van der Waals surface area contributed by atoms with E-state index in [1.165, 1.54) is 10.7 Å². The second-order valence-corrected chi connectivity index (χ2v) is 5.05. The van der Waals surface area contributed by atoms with Crippen LogP contribution >= 0.6 is 0 Å². The second kappa shape index (κ2) is 5.57. The molecule has 21 heavy (non-hydrogen) atoms. The first kappa shape index (κ1) is 13.6. The molecule has 3 rings (SSSR count). The van der Waals surface area contributed by atoms with Gasteiger partial charge in [-0.2, -0.15) is 5.10 Å². The van der Waals surface area contributed by atoms with Crippen LogP contribution in [0.3, 0.4) is 0 Å². The van der Waals surface area contributed by atoms with Crippen LogP contribution < -0.4 is 16.2 Å². The van der Waals surface area contributed by atoms with Crippen molar-refractivity contribution in [2.24, 2.45) is 7.05 Å². The fourth-order valence-corrected chi connectivity index (χ4v) is 2.46. The third kappa shape index (κ3) is 2.75. The van der Waals surface area contributed by atoms with Gasteiger partial charge in [0.1, 0.15) is 0 Å². The lowest BCUT2D eigenvalue weighted by atomic mass is 10.1. The molecule has 1 aromatic heterocycles. The average molecular weight is 286 g/mol. The topological polar surface area (TPSA) is 73.4 Å². The van der Waals surface area contributed by atoms with Crippen molar-refractivity contribution in [2.45, 2.75) is 0 Å². The minimum absolute atomic E-state index is 0.128. The molecule has 0 atom stereocenters. The molecule has 6 nitrogen and oxygen atoms in total. The van der Waals surface area contributed by atoms with E-state index in [9.17, 15) is 4.79 Å². The van der Waals surface area contributed by atoms with Crippen LogP contribution in [0.25, 0.3) is 11.3 Å². The summed E-state index contributed by atoms with van der Waals surface area (Å²) in [5.41, 5.74) is 9.42. The Balaban J connectivity index is 1.93. The van der Waals surface area contributed by atoms with Crippen molar-refractivity contribution >= 4 is 11.4 Å². The smallest absolute Gasteiger partial charge is 0.266 e. The molecule has 2 N–H and O–H groups in total. The number of aryl methyl sites for hydroxylation is 1. The maximum atomic E-state index is 11.4. The first-order valence-electron chi connectivity index (χ1n) is 6.92. The van der Waals surface area contributed by atoms with E-state index in [0.29, 0.717) is 5.69 Å². The quantitative estimate of drug-likeness (QED) is 0.829. The van der Waals surface area contributed by atoms with Gasteiger partial charge in [-0.25, -0.2) is 4.68 Å². The molecule has 1 saturated heterocycles. The zero-order chi connectivity index (χ0) is 14.8. The summed E-state index contributed by atoms with van der Waals surface area (Å²) in [6.45, 7) is 3.15. The number of aromatic nitrogens is 2. The number of nitrogen functional groups attached to an aromatic ring is 1. The molecule has 2 heterocycles. The Morgan fingerprint density at radius 3 is 2.62 bits per heavy atom. The molecule has 0 unspecified atom stereocenters. The van der Waals surface area contributed by atoms with E-state index in [0.717, 1.165) is 43.2 Å². The van der Waals surface area contributed by atoms with Crippen LogP contribution in [0.1, 0.15) is 0 Å². The summed E-state index contributed by atoms with van der Waals surface area (Å²) in [7, 11) is 1.64. The number of nitrogens with zero attached hydrogens (tertiary/aromatic N) is 3. The molecule has 1 aromatic carbocycles. The molecule has 0 bridgehead atoms. The summed E-state index contributed by atoms with van der Waals surface area (Å²) in [4.78, 5) is 13.6. The maximum Gasteiger partial charge on any atom is 0.266 e. The van der Waals surface area contributed by atoms with Crippen LogP contribution in [-0.4, -0.2) is 36.1 Å². The Kier molecular flexibility index (Phi) is 3.62. The molecule has 0 radical (unpaired) electrons. The molecule has 2 aromatic rings. The van der Waals surface area contributed by atoms with Gasteiger partial charge in [-0.05, 0) is 18.2 Å². The average Bonchev–Trinajstić information content (AvgIpc) is 2.51. The highest BCUT2D eigenvalue weighted by molar-refractivity contribution is 5.75. The fourth-order valence-electron chi connectivity index (χ4n) is 2.46. The van der Waals surface area contributed by atoms with Gasteiger partial charge in [0.2, 0.25) is 0 Å². The van der Waals surface area contributed by atoms with E-state index >= 15 is 0 Å². The molecule has 1 aliphatic rings. The number of rotatable bonds is 2. The Morgan fingerprint density at radius 1 is 1.19 bits per heavy atom. The summed E-state index contributed by atoms with van der Waals surface area (Å²) in [6.07, 6.45) is 0. The van der Waals surface area contributed by atoms with E-state index in [1.807, 2.05) is 18.2 Å². The molecule has 0 spiro atoms. The van der Waals surface area contributed by atoms with Crippen molar-refractivity contribution < 1.29 is 4.74 Å². The third-order valence-corrected chi connectivity index (χ3v) is 3.64. The predicted molar refractivity (Wildman–Crippen MR) is 82.4 cm³/mol. The molecule has 0 saturated carbocycles. The van der Waals surface area contributed by atoms with Crippen molar-refractivity contribution in [2.75, 3.05) is 36.9 Å². The number of anilines is 2. The van der Waals surface area contributed by atoms with Crippen molar-refractivity contribution in [1.82, 2.24) is 9.78 Å². The van der Waals surface area contributed by atoms with Gasteiger partial charge in [0.15, 0.2) is 0 Å². The van der Waals surface area contributed by atoms with E-state index in [4.69, 9.17) is 10.5 Å². The van der Waals surface area contributed by atoms with Gasteiger partial charge >= 0.3 is 0 Å². The number of nitrogens with two attached hydrogens (primary N) is 1. The van der Waals surface area contributed by atoms with Gasteiger partial charge < -0.3 is 15.4 Å². The van der Waals surface area contributed by atoms with E-state index in [1.54, 1.807) is 13.1 Å². The number of morpholine rings is 1. The Bertz CT molecular complexity index is 705. The number of benzene rings is 1. The zero-order valence-electron chi connectivity index (χ0n) is 12.0. The predicted octanol–water partition coefficient (Wildman–Crippen LogP) is 0.866. The number of hydrogen-bond acceptors (Lipinski definition) is 5. The summed E-state index contributed by atoms with van der Waals surface area (Å²) < 4.78 is 6.67. The minimum Gasteiger partial charge on any atom is -0.397 e. The summed E-state index contributed by atoms with van der Waals surface area (Å²) in [6, 6.07) is 9.11. The summed E-state index contributed by atoms with van der Waals surface area (Å²) in [5, 5.41) is 4.24. The highest BCUT2D eigenvalue weighted by atomic mass is 16.5. The Morgan fingerprint density at radius 2 is 1.95 bits per heavy atom. The Labute approximate surface area is 122 Å². The fraction of sp³-hybridized carbons (Fsp3) is 0.333. The van der Waals surface area contributed by atoms with Crippen LogP contribution in [-0.2, 0) is 11.8 Å². The lowest BCUT2D eigenvalue weighted by Gasteiger charge is -2.30. The second-order valence-electron chi connectivity index (χ2n) is 5.05. The van der Waals surface area contributed by atoms with Gasteiger partial charge in [0.05, 0.1) is 30.3 Å². The molecule has 6 heteroatoms. The lowest BCUT2D eigenvalue weighted by molar-refractivity contribution is 0.123. The normalized spacial score (nSPS) is 15.2. The third-order valence-electron chi connectivity index (χ3n) is 3.64. The Hall–Kier alpha value is -2.34. The summed E-state index contributed by atoms with van der Waals surface area (Å²) in [5.74, 6) is 0. The van der Waals surface area contributed by atoms with Crippen LogP contribution in [0, 0.1) is 0 Å². The van der Waals surface area contributed by atoms with Crippen LogP contribution in [0.2, 0.25) is 0 Å². The molecular weight excluding hydrogens is 268 g/mol. The van der Waals surface area contributed by atoms with Gasteiger partial charge in [-0.15, -0.1) is 0 Å². The van der Waals surface area contributed by atoms with Crippen molar-refractivity contribution in [3.63, 3.8) is 0 Å². The molecule has 0 amide bonds. The number of hydrogen-bond donors (Lipinski definition) is 1. The molecule has 1 aliphatic heterocycles. The van der Waals surface area contributed by atoms with Crippen LogP contribution in [0.4, 0.5) is 11.4 Å². The zero-order valence-corrected chi connectivity index (χ0v) is 12.0.